The lowest BCUT2D eigenvalue weighted by molar-refractivity contribution is 0.197. The molecule has 1 fully saturated rings. The zero-order valence-corrected chi connectivity index (χ0v) is 11.8. The molecule has 1 aliphatic heterocycles. The molecule has 5 nitrogen and oxygen atoms in total. The van der Waals surface area contributed by atoms with Gasteiger partial charge in [0.05, 0.1) is 11.5 Å². The van der Waals surface area contributed by atoms with Gasteiger partial charge in [-0.1, -0.05) is 6.07 Å². The van der Waals surface area contributed by atoms with Gasteiger partial charge in [0.2, 0.25) is 0 Å². The highest BCUT2D eigenvalue weighted by Gasteiger charge is 2.29. The van der Waals surface area contributed by atoms with Gasteiger partial charge in [0.15, 0.2) is 9.84 Å². The third-order valence-electron chi connectivity index (χ3n) is 3.24. The van der Waals surface area contributed by atoms with E-state index in [-0.39, 0.29) is 17.5 Å². The van der Waals surface area contributed by atoms with Gasteiger partial charge in [-0.25, -0.2) is 13.2 Å². The molecule has 0 radical (unpaired) electrons. The van der Waals surface area contributed by atoms with E-state index in [1.54, 1.807) is 12.1 Å². The lowest BCUT2D eigenvalue weighted by atomic mass is 10.1. The maximum atomic E-state index is 11.6. The van der Waals surface area contributed by atoms with E-state index in [0.717, 1.165) is 11.1 Å². The molecule has 0 aromatic heterocycles. The Labute approximate surface area is 112 Å². The fraction of sp³-hybridized carbons (Fsp3) is 0.462. The summed E-state index contributed by atoms with van der Waals surface area (Å²) in [5.41, 5.74) is 2.16. The van der Waals surface area contributed by atoms with Crippen molar-refractivity contribution in [1.29, 1.82) is 0 Å². The molecule has 104 valence electrons. The van der Waals surface area contributed by atoms with Crippen LogP contribution in [0.2, 0.25) is 0 Å². The summed E-state index contributed by atoms with van der Waals surface area (Å²) < 4.78 is 27.7. The number of aryl methyl sites for hydroxylation is 2. The third-order valence-corrected chi connectivity index (χ3v) is 5.01. The van der Waals surface area contributed by atoms with Crippen LogP contribution in [0.4, 0.5) is 4.79 Å². The molecular formula is C13H17NO4S. The zero-order valence-electron chi connectivity index (χ0n) is 11.0. The Kier molecular flexibility index (Phi) is 3.80. The standard InChI is InChI=1S/C13H17NO4S/c1-9-3-4-12(7-10(9)2)18-13(15)14-11-5-6-19(16,17)8-11/h3-4,7,11H,5-6,8H2,1-2H3,(H,14,15)/t11-/m1/s1. The van der Waals surface area contributed by atoms with Crippen molar-refractivity contribution in [3.05, 3.63) is 29.3 Å². The van der Waals surface area contributed by atoms with E-state index in [0.29, 0.717) is 12.2 Å². The predicted octanol–water partition coefficient (Wildman–Crippen LogP) is 1.58. The molecular weight excluding hydrogens is 266 g/mol. The van der Waals surface area contributed by atoms with Crippen molar-refractivity contribution in [1.82, 2.24) is 5.32 Å². The van der Waals surface area contributed by atoms with Gasteiger partial charge in [-0.05, 0) is 43.5 Å². The summed E-state index contributed by atoms with van der Waals surface area (Å²) in [5.74, 6) is 0.581. The fourth-order valence-corrected chi connectivity index (χ4v) is 3.66. The first-order valence-corrected chi connectivity index (χ1v) is 7.94. The van der Waals surface area contributed by atoms with Gasteiger partial charge in [0, 0.05) is 6.04 Å². The molecule has 2 rings (SSSR count). The van der Waals surface area contributed by atoms with Crippen LogP contribution in [0.5, 0.6) is 5.75 Å². The summed E-state index contributed by atoms with van der Waals surface area (Å²) in [5, 5.41) is 2.58. The highest BCUT2D eigenvalue weighted by Crippen LogP contribution is 2.17. The topological polar surface area (TPSA) is 72.5 Å². The minimum absolute atomic E-state index is 0.00493. The molecule has 1 aromatic carbocycles. The number of nitrogens with one attached hydrogen (secondary N) is 1. The summed E-state index contributed by atoms with van der Waals surface area (Å²) >= 11 is 0. The van der Waals surface area contributed by atoms with Crippen LogP contribution in [0, 0.1) is 13.8 Å². The van der Waals surface area contributed by atoms with Crippen LogP contribution in [0.3, 0.4) is 0 Å². The zero-order chi connectivity index (χ0) is 14.0. The van der Waals surface area contributed by atoms with Crippen LogP contribution >= 0.6 is 0 Å². The molecule has 6 heteroatoms. The third kappa shape index (κ3) is 3.70. The highest BCUT2D eigenvalue weighted by atomic mass is 32.2. The monoisotopic (exact) mass is 283 g/mol. The quantitative estimate of drug-likeness (QED) is 0.894. The first-order chi connectivity index (χ1) is 8.85. The molecule has 1 aliphatic rings. The van der Waals surface area contributed by atoms with E-state index in [2.05, 4.69) is 5.32 Å². The van der Waals surface area contributed by atoms with Crippen LogP contribution in [0.25, 0.3) is 0 Å². The van der Waals surface area contributed by atoms with Crippen molar-refractivity contribution in [2.75, 3.05) is 11.5 Å². The minimum atomic E-state index is -3.00. The number of hydrogen-bond acceptors (Lipinski definition) is 4. The number of carbonyl (C=O) groups excluding carboxylic acids is 1. The number of rotatable bonds is 2. The molecule has 1 atom stereocenters. The fourth-order valence-electron chi connectivity index (χ4n) is 1.99. The van der Waals surface area contributed by atoms with Crippen molar-refractivity contribution in [3.63, 3.8) is 0 Å². The minimum Gasteiger partial charge on any atom is -0.410 e. The van der Waals surface area contributed by atoms with E-state index < -0.39 is 15.9 Å². The predicted molar refractivity (Wildman–Crippen MR) is 72.1 cm³/mol. The molecule has 0 aliphatic carbocycles. The molecule has 0 saturated carbocycles. The van der Waals surface area contributed by atoms with Crippen molar-refractivity contribution < 1.29 is 17.9 Å². The Balaban J connectivity index is 1.93. The van der Waals surface area contributed by atoms with Gasteiger partial charge in [0.25, 0.3) is 0 Å². The van der Waals surface area contributed by atoms with Crippen molar-refractivity contribution >= 4 is 15.9 Å². The first-order valence-electron chi connectivity index (χ1n) is 6.12. The van der Waals surface area contributed by atoms with Gasteiger partial charge in [0.1, 0.15) is 5.75 Å². The van der Waals surface area contributed by atoms with Crippen LogP contribution in [-0.2, 0) is 9.84 Å². The molecule has 19 heavy (non-hydrogen) atoms. The highest BCUT2D eigenvalue weighted by molar-refractivity contribution is 7.91. The molecule has 1 N–H and O–H groups in total. The largest absolute Gasteiger partial charge is 0.412 e. The molecule has 1 aromatic rings. The molecule has 0 spiro atoms. The van der Waals surface area contributed by atoms with Crippen molar-refractivity contribution in [2.45, 2.75) is 26.3 Å². The summed E-state index contributed by atoms with van der Waals surface area (Å²) in [6.45, 7) is 3.91. The van der Waals surface area contributed by atoms with E-state index in [4.69, 9.17) is 4.74 Å². The van der Waals surface area contributed by atoms with Crippen LogP contribution in [0.15, 0.2) is 18.2 Å². The van der Waals surface area contributed by atoms with Crippen molar-refractivity contribution in [2.24, 2.45) is 0 Å². The summed E-state index contributed by atoms with van der Waals surface area (Å²) in [6.07, 6.45) is -0.157. The second kappa shape index (κ2) is 5.21. The SMILES string of the molecule is Cc1ccc(OC(=O)N[C@@H]2CCS(=O)(=O)C2)cc1C. The van der Waals surface area contributed by atoms with E-state index in [9.17, 15) is 13.2 Å². The second-order valence-corrected chi connectivity index (χ2v) is 7.11. The summed E-state index contributed by atoms with van der Waals surface area (Å²) in [7, 11) is -3.00. The Bertz CT molecular complexity index is 595. The molecule has 1 saturated heterocycles. The molecule has 0 bridgehead atoms. The van der Waals surface area contributed by atoms with Gasteiger partial charge in [-0.15, -0.1) is 0 Å². The lowest BCUT2D eigenvalue weighted by Crippen LogP contribution is -2.37. The maximum absolute atomic E-state index is 11.6. The Morgan fingerprint density at radius 1 is 1.32 bits per heavy atom. The Morgan fingerprint density at radius 3 is 2.63 bits per heavy atom. The average molecular weight is 283 g/mol. The smallest absolute Gasteiger partial charge is 0.410 e. The van der Waals surface area contributed by atoms with Gasteiger partial charge in [-0.2, -0.15) is 0 Å². The summed E-state index contributed by atoms with van der Waals surface area (Å²) in [6, 6.07) is 5.02. The average Bonchev–Trinajstić information content (AvgIpc) is 2.63. The Hall–Kier alpha value is -1.56. The van der Waals surface area contributed by atoms with E-state index in [1.165, 1.54) is 0 Å². The maximum Gasteiger partial charge on any atom is 0.412 e. The number of hydrogen-bond donors (Lipinski definition) is 1. The number of amides is 1. The first kappa shape index (κ1) is 13.9. The van der Waals surface area contributed by atoms with Crippen LogP contribution < -0.4 is 10.1 Å². The number of benzene rings is 1. The van der Waals surface area contributed by atoms with Crippen LogP contribution in [0.1, 0.15) is 17.5 Å². The van der Waals surface area contributed by atoms with Gasteiger partial charge < -0.3 is 10.1 Å². The van der Waals surface area contributed by atoms with E-state index in [1.807, 2.05) is 19.9 Å². The van der Waals surface area contributed by atoms with Crippen molar-refractivity contribution in [3.8, 4) is 5.75 Å². The summed E-state index contributed by atoms with van der Waals surface area (Å²) in [4.78, 5) is 11.6. The van der Waals surface area contributed by atoms with Crippen LogP contribution in [-0.4, -0.2) is 32.1 Å². The number of carbonyl (C=O) groups is 1. The molecule has 1 heterocycles. The lowest BCUT2D eigenvalue weighted by Gasteiger charge is -2.11. The molecule has 1 amide bonds. The number of ether oxygens (including phenoxy) is 1. The van der Waals surface area contributed by atoms with Gasteiger partial charge >= 0.3 is 6.09 Å². The number of sulfone groups is 1. The van der Waals surface area contributed by atoms with Gasteiger partial charge in [-0.3, -0.25) is 0 Å². The normalized spacial score (nSPS) is 21.1. The second-order valence-electron chi connectivity index (χ2n) is 4.88. The molecule has 0 unspecified atom stereocenters. The van der Waals surface area contributed by atoms with E-state index >= 15 is 0 Å². The Morgan fingerprint density at radius 2 is 2.05 bits per heavy atom.